The fraction of sp³-hybridized carbons (Fsp3) is 0.750. The van der Waals surface area contributed by atoms with Crippen LogP contribution < -0.4 is 3.71 Å². The van der Waals surface area contributed by atoms with Crippen molar-refractivity contribution >= 4 is 29.8 Å². The maximum Gasteiger partial charge on any atom is 0.331 e. The first-order chi connectivity index (χ1) is 3.72. The third kappa shape index (κ3) is 2.59. The van der Waals surface area contributed by atoms with E-state index in [9.17, 15) is 4.79 Å². The molecule has 0 atom stereocenters. The number of hydrogen-bond donors (Lipinski definition) is 1. The van der Waals surface area contributed by atoms with Crippen molar-refractivity contribution in [1.82, 2.24) is 0 Å². The maximum atomic E-state index is 10.5. The van der Waals surface area contributed by atoms with Crippen molar-refractivity contribution in [2.45, 2.75) is 6.92 Å². The molecule has 0 aliphatic rings. The van der Waals surface area contributed by atoms with Crippen molar-refractivity contribution in [3.05, 3.63) is 0 Å². The van der Waals surface area contributed by atoms with Gasteiger partial charge in [-0.1, -0.05) is 0 Å². The van der Waals surface area contributed by atoms with Crippen molar-refractivity contribution < 1.29 is 8.51 Å². The summed E-state index contributed by atoms with van der Waals surface area (Å²) in [5.41, 5.74) is 0. The van der Waals surface area contributed by atoms with Crippen LogP contribution in [-0.2, 0) is 4.79 Å². The van der Waals surface area contributed by atoms with Crippen LogP contribution in [-0.4, -0.2) is 18.4 Å². The molecule has 0 heterocycles. The van der Waals surface area contributed by atoms with Crippen molar-refractivity contribution in [3.63, 3.8) is 0 Å². The van der Waals surface area contributed by atoms with Crippen LogP contribution in [0.15, 0.2) is 0 Å². The highest BCUT2D eigenvalue weighted by atomic mass is 32.2. The molecule has 0 bridgehead atoms. The second-order valence-electron chi connectivity index (χ2n) is 1.25. The SMILES string of the molecule is CS[NH+](SC)C(C)=O. The van der Waals surface area contributed by atoms with Crippen molar-refractivity contribution in [1.29, 1.82) is 0 Å². The quantitative estimate of drug-likeness (QED) is 0.562. The largest absolute Gasteiger partial charge is 0.331 e. The van der Waals surface area contributed by atoms with E-state index in [1.165, 1.54) is 23.9 Å². The second-order valence-corrected chi connectivity index (χ2v) is 3.14. The Morgan fingerprint density at radius 1 is 1.38 bits per heavy atom. The third-order valence-electron chi connectivity index (χ3n) is 0.658. The molecule has 0 aromatic rings. The molecule has 0 rings (SSSR count). The van der Waals surface area contributed by atoms with Gasteiger partial charge in [0.2, 0.25) is 0 Å². The molecule has 4 heteroatoms. The van der Waals surface area contributed by atoms with Crippen molar-refractivity contribution in [2.24, 2.45) is 0 Å². The van der Waals surface area contributed by atoms with Crippen LogP contribution in [0.2, 0.25) is 0 Å². The van der Waals surface area contributed by atoms with Crippen molar-refractivity contribution in [2.75, 3.05) is 12.5 Å². The summed E-state index contributed by atoms with van der Waals surface area (Å²) >= 11 is 3.02. The van der Waals surface area contributed by atoms with Crippen LogP contribution in [0.1, 0.15) is 6.92 Å². The van der Waals surface area contributed by atoms with Crippen LogP contribution >= 0.6 is 23.9 Å². The first kappa shape index (κ1) is 8.33. The molecule has 1 N–H and O–H groups in total. The van der Waals surface area contributed by atoms with Gasteiger partial charge in [0.25, 0.3) is 0 Å². The summed E-state index contributed by atoms with van der Waals surface area (Å²) in [4.78, 5) is 10.5. The Morgan fingerprint density at radius 3 is 1.75 bits per heavy atom. The molecular weight excluding hydrogens is 142 g/mol. The predicted molar refractivity (Wildman–Crippen MR) is 38.7 cm³/mol. The van der Waals surface area contributed by atoms with Gasteiger partial charge in [-0.2, -0.15) is 3.71 Å². The summed E-state index contributed by atoms with van der Waals surface area (Å²) in [5, 5.41) is 0. The predicted octanol–water partition coefficient (Wildman–Crippen LogP) is -0.0262. The molecule has 0 unspecified atom stereocenters. The molecule has 1 amide bonds. The van der Waals surface area contributed by atoms with Gasteiger partial charge in [-0.25, -0.2) is 4.79 Å². The lowest BCUT2D eigenvalue weighted by Gasteiger charge is -2.02. The molecule has 0 spiro atoms. The lowest BCUT2D eigenvalue weighted by Crippen LogP contribution is -3.00. The van der Waals surface area contributed by atoms with Gasteiger partial charge in [0.15, 0.2) is 0 Å². The Labute approximate surface area is 58.3 Å². The monoisotopic (exact) mass is 152 g/mol. The molecule has 2 nitrogen and oxygen atoms in total. The van der Waals surface area contributed by atoms with Gasteiger partial charge >= 0.3 is 5.91 Å². The smallest absolute Gasteiger partial charge is 0.229 e. The zero-order valence-electron chi connectivity index (χ0n) is 5.22. The molecule has 0 fully saturated rings. The Kier molecular flexibility index (Phi) is 4.41. The highest BCUT2D eigenvalue weighted by Gasteiger charge is 2.10. The Hall–Kier alpha value is 0.330. The fourth-order valence-electron chi connectivity index (χ4n) is 0.371. The number of amides is 1. The fourth-order valence-corrected chi connectivity index (χ4v) is 1.61. The molecule has 0 radical (unpaired) electrons. The average molecular weight is 152 g/mol. The Morgan fingerprint density at radius 2 is 1.75 bits per heavy atom. The summed E-state index contributed by atoms with van der Waals surface area (Å²) in [6, 6.07) is 0. The zero-order valence-corrected chi connectivity index (χ0v) is 6.86. The summed E-state index contributed by atoms with van der Waals surface area (Å²) in [6.45, 7) is 1.59. The van der Waals surface area contributed by atoms with Crippen LogP contribution in [0.25, 0.3) is 0 Å². The summed E-state index contributed by atoms with van der Waals surface area (Å²) in [6.07, 6.45) is 3.82. The third-order valence-corrected chi connectivity index (χ3v) is 2.97. The molecule has 0 saturated carbocycles. The van der Waals surface area contributed by atoms with E-state index in [1.54, 1.807) is 6.92 Å². The van der Waals surface area contributed by atoms with Gasteiger partial charge in [-0.3, -0.25) is 0 Å². The first-order valence-corrected chi connectivity index (χ1v) is 4.63. The van der Waals surface area contributed by atoms with E-state index in [0.717, 1.165) is 3.71 Å². The molecule has 0 aliphatic heterocycles. The van der Waals surface area contributed by atoms with E-state index >= 15 is 0 Å². The number of nitrogens with one attached hydrogen (secondary N) is 1. The summed E-state index contributed by atoms with van der Waals surface area (Å²) in [7, 11) is 0. The molecule has 0 aromatic carbocycles. The topological polar surface area (TPSA) is 21.5 Å². The van der Waals surface area contributed by atoms with Gasteiger partial charge in [0.05, 0.1) is 30.8 Å². The van der Waals surface area contributed by atoms with E-state index < -0.39 is 0 Å². The minimum absolute atomic E-state index is 0.171. The Balaban J connectivity index is 3.52. The van der Waals surface area contributed by atoms with Crippen molar-refractivity contribution in [3.8, 4) is 0 Å². The van der Waals surface area contributed by atoms with E-state index in [0.29, 0.717) is 0 Å². The molecule has 0 aromatic heterocycles. The lowest BCUT2D eigenvalue weighted by molar-refractivity contribution is -0.496. The molecule has 0 saturated heterocycles. The average Bonchev–Trinajstić information content (AvgIpc) is 1.69. The van der Waals surface area contributed by atoms with E-state index in [2.05, 4.69) is 0 Å². The minimum atomic E-state index is 0.171. The van der Waals surface area contributed by atoms with Gasteiger partial charge in [0, 0.05) is 12.5 Å². The molecule has 48 valence electrons. The van der Waals surface area contributed by atoms with Crippen LogP contribution in [0.3, 0.4) is 0 Å². The van der Waals surface area contributed by atoms with Crippen LogP contribution in [0.4, 0.5) is 0 Å². The number of hydrogen-bond acceptors (Lipinski definition) is 3. The van der Waals surface area contributed by atoms with E-state index in [-0.39, 0.29) is 5.91 Å². The van der Waals surface area contributed by atoms with Gasteiger partial charge < -0.3 is 0 Å². The first-order valence-electron chi connectivity index (χ1n) is 2.18. The van der Waals surface area contributed by atoms with Gasteiger partial charge in [-0.05, 0) is 0 Å². The summed E-state index contributed by atoms with van der Waals surface area (Å²) < 4.78 is 0.880. The highest BCUT2D eigenvalue weighted by molar-refractivity contribution is 8.04. The zero-order chi connectivity index (χ0) is 6.57. The number of carbonyl (C=O) groups is 1. The standard InChI is InChI=1S/C4H9NOS2/c1-4(6)5(7-2)8-3/h1-3H3/p+1. The van der Waals surface area contributed by atoms with Gasteiger partial charge in [-0.15, -0.1) is 0 Å². The molecule has 0 aliphatic carbocycles. The second kappa shape index (κ2) is 4.23. The number of carbonyl (C=O) groups excluding carboxylic acids is 1. The number of rotatable bonds is 2. The van der Waals surface area contributed by atoms with E-state index in [1.807, 2.05) is 12.5 Å². The maximum absolute atomic E-state index is 10.5. The minimum Gasteiger partial charge on any atom is -0.229 e. The number of quaternary nitrogens is 1. The lowest BCUT2D eigenvalue weighted by atomic mass is 10.8. The normalized spacial score (nSPS) is 10.0. The van der Waals surface area contributed by atoms with Gasteiger partial charge in [0.1, 0.15) is 0 Å². The molecule has 8 heavy (non-hydrogen) atoms. The Bertz CT molecular complexity index is 82.1. The van der Waals surface area contributed by atoms with Crippen LogP contribution in [0.5, 0.6) is 0 Å². The summed E-state index contributed by atoms with van der Waals surface area (Å²) in [5.74, 6) is 0.171. The molecular formula is C4H10NOS2+. The van der Waals surface area contributed by atoms with Crippen LogP contribution in [0, 0.1) is 0 Å². The van der Waals surface area contributed by atoms with E-state index in [4.69, 9.17) is 0 Å². The highest BCUT2D eigenvalue weighted by Crippen LogP contribution is 1.82.